The van der Waals surface area contributed by atoms with Crippen molar-refractivity contribution in [3.05, 3.63) is 41.5 Å². The second kappa shape index (κ2) is 6.88. The van der Waals surface area contributed by atoms with Crippen LogP contribution in [0.1, 0.15) is 33.4 Å². The maximum atomic E-state index is 12.2. The zero-order valence-electron chi connectivity index (χ0n) is 15.0. The lowest BCUT2D eigenvalue weighted by atomic mass is 10.1. The van der Waals surface area contributed by atoms with Gasteiger partial charge in [-0.25, -0.2) is 4.98 Å². The number of carbonyl (C=O) groups is 1. The summed E-state index contributed by atoms with van der Waals surface area (Å²) >= 11 is 1.55. The highest BCUT2D eigenvalue weighted by molar-refractivity contribution is 7.15. The number of carbonyl (C=O) groups excluding carboxylic acids is 1. The summed E-state index contributed by atoms with van der Waals surface area (Å²) in [5.41, 5.74) is 2.65. The molecule has 0 unspecified atom stereocenters. The molecule has 0 saturated carbocycles. The van der Waals surface area contributed by atoms with Crippen LogP contribution in [0.25, 0.3) is 16.2 Å². The lowest BCUT2D eigenvalue weighted by molar-refractivity contribution is -0.121. The molecule has 0 fully saturated rings. The molecule has 25 heavy (non-hydrogen) atoms. The first-order valence-electron chi connectivity index (χ1n) is 8.35. The average Bonchev–Trinajstić information content (AvgIpc) is 3.09. The van der Waals surface area contributed by atoms with Gasteiger partial charge in [-0.05, 0) is 52.0 Å². The number of benzene rings is 1. The first kappa shape index (κ1) is 17.5. The molecule has 1 amide bonds. The monoisotopic (exact) mass is 357 g/mol. The minimum atomic E-state index is -0.228. The third-order valence-electron chi connectivity index (χ3n) is 3.60. The van der Waals surface area contributed by atoms with E-state index in [1.165, 1.54) is 0 Å². The van der Waals surface area contributed by atoms with E-state index in [0.29, 0.717) is 13.0 Å². The predicted molar refractivity (Wildman–Crippen MR) is 101 cm³/mol. The summed E-state index contributed by atoms with van der Waals surface area (Å²) in [7, 11) is 0. The second-order valence-electron chi connectivity index (χ2n) is 6.94. The van der Waals surface area contributed by atoms with Crippen LogP contribution in [-0.4, -0.2) is 27.4 Å². The summed E-state index contributed by atoms with van der Waals surface area (Å²) in [6.45, 7) is 8.56. The summed E-state index contributed by atoms with van der Waals surface area (Å²) in [4.78, 5) is 17.8. The molecule has 0 atom stereocenters. The van der Waals surface area contributed by atoms with E-state index >= 15 is 0 Å². The van der Waals surface area contributed by atoms with Gasteiger partial charge in [0.25, 0.3) is 0 Å². The summed E-state index contributed by atoms with van der Waals surface area (Å²) in [6.07, 6.45) is 2.33. The van der Waals surface area contributed by atoms with Crippen LogP contribution in [0, 0.1) is 0 Å². The number of ether oxygens (including phenoxy) is 1. The lowest BCUT2D eigenvalue weighted by Crippen LogP contribution is -2.41. The van der Waals surface area contributed by atoms with Crippen LogP contribution in [0.3, 0.4) is 0 Å². The van der Waals surface area contributed by atoms with E-state index in [4.69, 9.17) is 4.74 Å². The Morgan fingerprint density at radius 2 is 2.00 bits per heavy atom. The van der Waals surface area contributed by atoms with E-state index in [1.807, 2.05) is 67.9 Å². The molecule has 3 rings (SSSR count). The fourth-order valence-corrected chi connectivity index (χ4v) is 3.48. The van der Waals surface area contributed by atoms with Crippen LogP contribution in [0.4, 0.5) is 0 Å². The summed E-state index contributed by atoms with van der Waals surface area (Å²) in [5.74, 6) is 0.871. The predicted octanol–water partition coefficient (Wildman–Crippen LogP) is 3.92. The molecule has 0 bridgehead atoms. The largest absolute Gasteiger partial charge is 0.494 e. The van der Waals surface area contributed by atoms with Gasteiger partial charge in [0.1, 0.15) is 5.75 Å². The Bertz CT molecular complexity index is 872. The van der Waals surface area contributed by atoms with Crippen molar-refractivity contribution in [3.63, 3.8) is 0 Å². The van der Waals surface area contributed by atoms with Gasteiger partial charge >= 0.3 is 0 Å². The highest BCUT2D eigenvalue weighted by Gasteiger charge is 2.17. The summed E-state index contributed by atoms with van der Waals surface area (Å²) < 4.78 is 7.47. The van der Waals surface area contributed by atoms with Gasteiger partial charge in [0, 0.05) is 28.4 Å². The fraction of sp³-hybridized carbons (Fsp3) is 0.368. The molecular formula is C19H23N3O2S. The molecule has 0 aliphatic carbocycles. The van der Waals surface area contributed by atoms with Crippen molar-refractivity contribution in [2.24, 2.45) is 0 Å². The van der Waals surface area contributed by atoms with E-state index < -0.39 is 0 Å². The number of rotatable bonds is 5. The summed E-state index contributed by atoms with van der Waals surface area (Å²) in [6, 6.07) is 7.90. The fourth-order valence-electron chi connectivity index (χ4n) is 2.61. The SMILES string of the molecule is CCOc1ccc(-c2cn3c(CC(=O)NC(C)(C)C)csc3n2)cc1. The van der Waals surface area contributed by atoms with Crippen LogP contribution in [-0.2, 0) is 11.2 Å². The minimum Gasteiger partial charge on any atom is -0.494 e. The quantitative estimate of drug-likeness (QED) is 0.753. The Morgan fingerprint density at radius 1 is 1.28 bits per heavy atom. The van der Waals surface area contributed by atoms with E-state index in [-0.39, 0.29) is 11.4 Å². The average molecular weight is 357 g/mol. The third kappa shape index (κ3) is 4.20. The maximum Gasteiger partial charge on any atom is 0.226 e. The number of aromatic nitrogens is 2. The molecule has 2 aromatic heterocycles. The molecule has 2 heterocycles. The van der Waals surface area contributed by atoms with Gasteiger partial charge in [-0.2, -0.15) is 0 Å². The molecule has 1 aromatic carbocycles. The van der Waals surface area contributed by atoms with Crippen LogP contribution in [0.5, 0.6) is 5.75 Å². The molecule has 3 aromatic rings. The molecule has 0 radical (unpaired) electrons. The highest BCUT2D eigenvalue weighted by Crippen LogP contribution is 2.25. The van der Waals surface area contributed by atoms with Crippen molar-refractivity contribution < 1.29 is 9.53 Å². The number of hydrogen-bond donors (Lipinski definition) is 1. The number of nitrogens with one attached hydrogen (secondary N) is 1. The van der Waals surface area contributed by atoms with Gasteiger partial charge in [0.15, 0.2) is 4.96 Å². The Hall–Kier alpha value is -2.34. The summed E-state index contributed by atoms with van der Waals surface area (Å²) in [5, 5.41) is 4.99. The first-order valence-corrected chi connectivity index (χ1v) is 9.23. The number of nitrogens with zero attached hydrogens (tertiary/aromatic N) is 2. The number of thiazole rings is 1. The molecule has 0 spiro atoms. The zero-order valence-corrected chi connectivity index (χ0v) is 15.8. The van der Waals surface area contributed by atoms with Crippen LogP contribution in [0.15, 0.2) is 35.8 Å². The molecule has 5 nitrogen and oxygen atoms in total. The molecule has 0 aliphatic rings. The van der Waals surface area contributed by atoms with E-state index in [2.05, 4.69) is 10.3 Å². The third-order valence-corrected chi connectivity index (χ3v) is 4.49. The van der Waals surface area contributed by atoms with Crippen molar-refractivity contribution in [2.45, 2.75) is 39.7 Å². The zero-order chi connectivity index (χ0) is 18.0. The molecular weight excluding hydrogens is 334 g/mol. The Kier molecular flexibility index (Phi) is 4.81. The normalized spacial score (nSPS) is 11.7. The standard InChI is InChI=1S/C19H23N3O2S/c1-5-24-15-8-6-13(7-9-15)16-11-22-14(12-25-18(22)20-16)10-17(23)21-19(2,3)4/h6-9,11-12H,5,10H2,1-4H3,(H,21,23). The van der Waals surface area contributed by atoms with Gasteiger partial charge in [-0.15, -0.1) is 11.3 Å². The van der Waals surface area contributed by atoms with Gasteiger partial charge in [-0.3, -0.25) is 9.20 Å². The van der Waals surface area contributed by atoms with Crippen LogP contribution >= 0.6 is 11.3 Å². The molecule has 0 aliphatic heterocycles. The van der Waals surface area contributed by atoms with Gasteiger partial charge in [0.2, 0.25) is 5.91 Å². The van der Waals surface area contributed by atoms with Crippen LogP contribution < -0.4 is 10.1 Å². The molecule has 132 valence electrons. The number of imidazole rings is 1. The van der Waals surface area contributed by atoms with Crippen molar-refractivity contribution >= 4 is 22.2 Å². The maximum absolute atomic E-state index is 12.2. The molecule has 6 heteroatoms. The van der Waals surface area contributed by atoms with E-state index in [1.54, 1.807) is 11.3 Å². The smallest absolute Gasteiger partial charge is 0.226 e. The second-order valence-corrected chi connectivity index (χ2v) is 7.77. The van der Waals surface area contributed by atoms with Crippen molar-refractivity contribution in [3.8, 4) is 17.0 Å². The Labute approximate surface area is 151 Å². The first-order chi connectivity index (χ1) is 11.9. The highest BCUT2D eigenvalue weighted by atomic mass is 32.1. The number of fused-ring (bicyclic) bond motifs is 1. The van der Waals surface area contributed by atoms with Gasteiger partial charge in [-0.1, -0.05) is 0 Å². The Balaban J connectivity index is 1.81. The van der Waals surface area contributed by atoms with Crippen molar-refractivity contribution in [1.82, 2.24) is 14.7 Å². The van der Waals surface area contributed by atoms with E-state index in [9.17, 15) is 4.79 Å². The Morgan fingerprint density at radius 3 is 2.64 bits per heavy atom. The van der Waals surface area contributed by atoms with Crippen molar-refractivity contribution in [2.75, 3.05) is 6.61 Å². The van der Waals surface area contributed by atoms with Gasteiger partial charge in [0.05, 0.1) is 18.7 Å². The number of amides is 1. The number of hydrogen-bond acceptors (Lipinski definition) is 4. The lowest BCUT2D eigenvalue weighted by Gasteiger charge is -2.20. The topological polar surface area (TPSA) is 55.6 Å². The minimum absolute atomic E-state index is 0.0171. The van der Waals surface area contributed by atoms with Crippen LogP contribution in [0.2, 0.25) is 0 Å². The van der Waals surface area contributed by atoms with Gasteiger partial charge < -0.3 is 10.1 Å². The molecule has 0 saturated heterocycles. The van der Waals surface area contributed by atoms with Crippen molar-refractivity contribution in [1.29, 1.82) is 0 Å². The molecule has 1 N–H and O–H groups in total. The van der Waals surface area contributed by atoms with E-state index in [0.717, 1.165) is 27.7 Å².